The predicted molar refractivity (Wildman–Crippen MR) is 55.3 cm³/mol. The van der Waals surface area contributed by atoms with Crippen molar-refractivity contribution in [3.63, 3.8) is 0 Å². The van der Waals surface area contributed by atoms with Crippen LogP contribution in [0.5, 0.6) is 0 Å². The van der Waals surface area contributed by atoms with Crippen LogP contribution >= 0.6 is 0 Å². The van der Waals surface area contributed by atoms with Gasteiger partial charge in [-0.15, -0.1) is 0 Å². The van der Waals surface area contributed by atoms with E-state index < -0.39 is 0 Å². The van der Waals surface area contributed by atoms with E-state index in [0.29, 0.717) is 5.56 Å². The second-order valence-electron chi connectivity index (χ2n) is 3.39. The van der Waals surface area contributed by atoms with Crippen molar-refractivity contribution in [3.05, 3.63) is 23.7 Å². The number of carbonyl (C=O) groups excluding carboxylic acids is 1. The van der Waals surface area contributed by atoms with Gasteiger partial charge in [0.15, 0.2) is 0 Å². The molecule has 0 saturated carbocycles. The molecular weight excluding hydrogens is 178 g/mol. The summed E-state index contributed by atoms with van der Waals surface area (Å²) >= 11 is 0. The first-order chi connectivity index (χ1) is 6.69. The first-order valence-corrected chi connectivity index (χ1v) is 5.06. The van der Waals surface area contributed by atoms with Crippen LogP contribution in [0.25, 0.3) is 0 Å². The molecule has 0 aliphatic carbocycles. The molecule has 1 amide bonds. The van der Waals surface area contributed by atoms with Gasteiger partial charge in [0.05, 0.1) is 11.8 Å². The normalized spacial score (nSPS) is 12.5. The van der Waals surface area contributed by atoms with Gasteiger partial charge < -0.3 is 9.73 Å². The monoisotopic (exact) mass is 195 g/mol. The average Bonchev–Trinajstić information content (AvgIpc) is 2.65. The van der Waals surface area contributed by atoms with Crippen molar-refractivity contribution in [3.8, 4) is 0 Å². The van der Waals surface area contributed by atoms with E-state index in [4.69, 9.17) is 4.42 Å². The fourth-order valence-electron chi connectivity index (χ4n) is 1.22. The lowest BCUT2D eigenvalue weighted by Crippen LogP contribution is -2.32. The highest BCUT2D eigenvalue weighted by Gasteiger charge is 2.14. The predicted octanol–water partition coefficient (Wildman–Crippen LogP) is 2.37. The Morgan fingerprint density at radius 1 is 1.57 bits per heavy atom. The van der Waals surface area contributed by atoms with Gasteiger partial charge in [0.25, 0.3) is 5.91 Å². The molecule has 0 aliphatic rings. The second-order valence-corrected chi connectivity index (χ2v) is 3.39. The molecule has 1 aromatic heterocycles. The van der Waals surface area contributed by atoms with Gasteiger partial charge in [-0.1, -0.05) is 13.8 Å². The second kappa shape index (κ2) is 4.84. The van der Waals surface area contributed by atoms with E-state index >= 15 is 0 Å². The number of carbonyl (C=O) groups is 1. The molecule has 1 aromatic rings. The molecule has 0 aliphatic heterocycles. The van der Waals surface area contributed by atoms with Crippen molar-refractivity contribution in [1.29, 1.82) is 0 Å². The zero-order valence-corrected chi connectivity index (χ0v) is 8.96. The molecule has 1 unspecified atom stereocenters. The van der Waals surface area contributed by atoms with E-state index in [1.54, 1.807) is 12.3 Å². The molecule has 0 spiro atoms. The Kier molecular flexibility index (Phi) is 3.74. The summed E-state index contributed by atoms with van der Waals surface area (Å²) in [4.78, 5) is 11.7. The highest BCUT2D eigenvalue weighted by molar-refractivity contribution is 5.95. The minimum Gasteiger partial charge on any atom is -0.469 e. The van der Waals surface area contributed by atoms with Crippen LogP contribution in [0.1, 0.15) is 43.3 Å². The highest BCUT2D eigenvalue weighted by atomic mass is 16.3. The SMILES string of the molecule is CCc1occc1C(=O)NC(C)CC. The molecule has 1 N–H and O–H groups in total. The quantitative estimate of drug-likeness (QED) is 0.801. The maximum Gasteiger partial charge on any atom is 0.255 e. The molecule has 0 fully saturated rings. The fraction of sp³-hybridized carbons (Fsp3) is 0.545. The molecule has 14 heavy (non-hydrogen) atoms. The van der Waals surface area contributed by atoms with E-state index in [9.17, 15) is 4.79 Å². The zero-order chi connectivity index (χ0) is 10.6. The summed E-state index contributed by atoms with van der Waals surface area (Å²) in [5, 5.41) is 2.91. The topological polar surface area (TPSA) is 42.2 Å². The Morgan fingerprint density at radius 3 is 2.86 bits per heavy atom. The van der Waals surface area contributed by atoms with Gasteiger partial charge in [0, 0.05) is 12.5 Å². The van der Waals surface area contributed by atoms with Gasteiger partial charge >= 0.3 is 0 Å². The van der Waals surface area contributed by atoms with Crippen molar-refractivity contribution < 1.29 is 9.21 Å². The molecule has 0 bridgehead atoms. The van der Waals surface area contributed by atoms with Gasteiger partial charge in [0.2, 0.25) is 0 Å². The van der Waals surface area contributed by atoms with E-state index in [1.165, 1.54) is 0 Å². The van der Waals surface area contributed by atoms with Gasteiger partial charge in [0.1, 0.15) is 5.76 Å². The summed E-state index contributed by atoms with van der Waals surface area (Å²) in [6, 6.07) is 1.93. The summed E-state index contributed by atoms with van der Waals surface area (Å²) in [6.45, 7) is 6.00. The van der Waals surface area contributed by atoms with Crippen LogP contribution in [0, 0.1) is 0 Å². The molecule has 3 heteroatoms. The molecule has 0 radical (unpaired) electrons. The summed E-state index contributed by atoms with van der Waals surface area (Å²) < 4.78 is 5.19. The summed E-state index contributed by atoms with van der Waals surface area (Å²) in [5.41, 5.74) is 0.660. The molecular formula is C11H17NO2. The number of nitrogens with one attached hydrogen (secondary N) is 1. The number of furan rings is 1. The molecule has 0 saturated heterocycles. The lowest BCUT2D eigenvalue weighted by molar-refractivity contribution is 0.0937. The molecule has 3 nitrogen and oxygen atoms in total. The minimum atomic E-state index is -0.0371. The molecule has 78 valence electrons. The van der Waals surface area contributed by atoms with Gasteiger partial charge in [-0.05, 0) is 19.4 Å². The first-order valence-electron chi connectivity index (χ1n) is 5.06. The van der Waals surface area contributed by atoms with Gasteiger partial charge in [-0.2, -0.15) is 0 Å². The van der Waals surface area contributed by atoms with Crippen LogP contribution in [0.15, 0.2) is 16.7 Å². The Labute approximate surface area is 84.5 Å². The number of rotatable bonds is 4. The number of hydrogen-bond acceptors (Lipinski definition) is 2. The standard InChI is InChI=1S/C11H17NO2/c1-4-8(3)12-11(13)9-6-7-14-10(9)5-2/h6-8H,4-5H2,1-3H3,(H,12,13). The van der Waals surface area contributed by atoms with Crippen molar-refractivity contribution in [1.82, 2.24) is 5.32 Å². The third kappa shape index (κ3) is 2.37. The van der Waals surface area contributed by atoms with E-state index in [2.05, 4.69) is 5.32 Å². The third-order valence-electron chi connectivity index (χ3n) is 2.30. The van der Waals surface area contributed by atoms with Crippen molar-refractivity contribution in [2.45, 2.75) is 39.7 Å². The van der Waals surface area contributed by atoms with Crippen molar-refractivity contribution >= 4 is 5.91 Å². The smallest absolute Gasteiger partial charge is 0.255 e. The number of hydrogen-bond donors (Lipinski definition) is 1. The summed E-state index contributed by atoms with van der Waals surface area (Å²) in [5.74, 6) is 0.718. The zero-order valence-electron chi connectivity index (χ0n) is 8.96. The van der Waals surface area contributed by atoms with E-state index in [-0.39, 0.29) is 11.9 Å². The number of aryl methyl sites for hydroxylation is 1. The minimum absolute atomic E-state index is 0.0371. The average molecular weight is 195 g/mol. The third-order valence-corrected chi connectivity index (χ3v) is 2.30. The molecule has 1 heterocycles. The Morgan fingerprint density at radius 2 is 2.29 bits per heavy atom. The van der Waals surface area contributed by atoms with Crippen LogP contribution in [0.2, 0.25) is 0 Å². The van der Waals surface area contributed by atoms with Gasteiger partial charge in [-0.25, -0.2) is 0 Å². The van der Waals surface area contributed by atoms with Crippen molar-refractivity contribution in [2.24, 2.45) is 0 Å². The van der Waals surface area contributed by atoms with E-state index in [0.717, 1.165) is 18.6 Å². The van der Waals surface area contributed by atoms with Crippen LogP contribution in [-0.4, -0.2) is 11.9 Å². The molecule has 1 atom stereocenters. The largest absolute Gasteiger partial charge is 0.469 e. The van der Waals surface area contributed by atoms with E-state index in [1.807, 2.05) is 20.8 Å². The lowest BCUT2D eigenvalue weighted by atomic mass is 10.2. The van der Waals surface area contributed by atoms with Crippen molar-refractivity contribution in [2.75, 3.05) is 0 Å². The van der Waals surface area contributed by atoms with Crippen LogP contribution in [-0.2, 0) is 6.42 Å². The number of amides is 1. The summed E-state index contributed by atoms with van der Waals surface area (Å²) in [6.07, 6.45) is 3.24. The van der Waals surface area contributed by atoms with Gasteiger partial charge in [-0.3, -0.25) is 4.79 Å². The van der Waals surface area contributed by atoms with Crippen LogP contribution < -0.4 is 5.32 Å². The Balaban J connectivity index is 2.69. The Bertz CT molecular complexity index is 304. The lowest BCUT2D eigenvalue weighted by Gasteiger charge is -2.10. The highest BCUT2D eigenvalue weighted by Crippen LogP contribution is 2.11. The first kappa shape index (κ1) is 10.8. The maximum atomic E-state index is 11.7. The molecule has 1 rings (SSSR count). The molecule has 0 aromatic carbocycles. The maximum absolute atomic E-state index is 11.7. The van der Waals surface area contributed by atoms with Crippen LogP contribution in [0.3, 0.4) is 0 Å². The summed E-state index contributed by atoms with van der Waals surface area (Å²) in [7, 11) is 0. The Hall–Kier alpha value is -1.25. The fourth-order valence-corrected chi connectivity index (χ4v) is 1.22. The van der Waals surface area contributed by atoms with Crippen LogP contribution in [0.4, 0.5) is 0 Å².